The number of hydrogen-bond acceptors (Lipinski definition) is 3. The topological polar surface area (TPSA) is 71.3 Å². The molecule has 0 aliphatic carbocycles. The van der Waals surface area contributed by atoms with Crippen molar-refractivity contribution in [2.75, 3.05) is 17.7 Å². The SMILES string of the molecule is CNC(=O)c1ccc(NC(=O)CCCCCBr)o1. The van der Waals surface area contributed by atoms with Crippen LogP contribution in [0.15, 0.2) is 16.5 Å². The molecule has 2 N–H and O–H groups in total. The van der Waals surface area contributed by atoms with Gasteiger partial charge >= 0.3 is 0 Å². The quantitative estimate of drug-likeness (QED) is 0.600. The van der Waals surface area contributed by atoms with Crippen LogP contribution in [0.1, 0.15) is 36.2 Å². The minimum Gasteiger partial charge on any atom is -0.435 e. The van der Waals surface area contributed by atoms with Crippen molar-refractivity contribution in [2.45, 2.75) is 25.7 Å². The van der Waals surface area contributed by atoms with Gasteiger partial charge in [-0.05, 0) is 18.9 Å². The van der Waals surface area contributed by atoms with Gasteiger partial charge in [-0.15, -0.1) is 0 Å². The van der Waals surface area contributed by atoms with E-state index in [1.807, 2.05) is 0 Å². The van der Waals surface area contributed by atoms with Gasteiger partial charge in [0.05, 0.1) is 0 Å². The highest BCUT2D eigenvalue weighted by Gasteiger charge is 2.10. The lowest BCUT2D eigenvalue weighted by Gasteiger charge is -2.01. The summed E-state index contributed by atoms with van der Waals surface area (Å²) in [5, 5.41) is 6.03. The molecular formula is C12H17BrN2O3. The van der Waals surface area contributed by atoms with Crippen molar-refractivity contribution in [3.05, 3.63) is 17.9 Å². The average molecular weight is 317 g/mol. The molecule has 18 heavy (non-hydrogen) atoms. The number of carbonyl (C=O) groups excluding carboxylic acids is 2. The fourth-order valence-electron chi connectivity index (χ4n) is 1.41. The van der Waals surface area contributed by atoms with Crippen molar-refractivity contribution in [2.24, 2.45) is 0 Å². The Balaban J connectivity index is 2.35. The van der Waals surface area contributed by atoms with Gasteiger partial charge in [-0.25, -0.2) is 0 Å². The first-order chi connectivity index (χ1) is 8.67. The van der Waals surface area contributed by atoms with Crippen molar-refractivity contribution < 1.29 is 14.0 Å². The first kappa shape index (κ1) is 14.8. The number of carbonyl (C=O) groups is 2. The second-order valence-corrected chi connectivity index (χ2v) is 4.58. The van der Waals surface area contributed by atoms with E-state index in [0.717, 1.165) is 24.6 Å². The van der Waals surface area contributed by atoms with E-state index in [2.05, 4.69) is 26.6 Å². The standard InChI is InChI=1S/C12H17BrN2O3/c1-14-12(17)9-6-7-11(18-9)15-10(16)5-3-2-4-8-13/h6-7H,2-5,8H2,1H3,(H,14,17)(H,15,16). The Morgan fingerprint density at radius 1 is 1.28 bits per heavy atom. The van der Waals surface area contributed by atoms with Crippen molar-refractivity contribution in [3.63, 3.8) is 0 Å². The van der Waals surface area contributed by atoms with Gasteiger partial charge in [0.15, 0.2) is 11.6 Å². The Hall–Kier alpha value is -1.30. The van der Waals surface area contributed by atoms with E-state index >= 15 is 0 Å². The monoisotopic (exact) mass is 316 g/mol. The summed E-state index contributed by atoms with van der Waals surface area (Å²) in [5.41, 5.74) is 0. The average Bonchev–Trinajstić information content (AvgIpc) is 2.82. The van der Waals surface area contributed by atoms with Crippen LogP contribution < -0.4 is 10.6 Å². The molecule has 100 valence electrons. The number of hydrogen-bond donors (Lipinski definition) is 2. The van der Waals surface area contributed by atoms with Crippen LogP contribution in [0, 0.1) is 0 Å². The molecule has 0 saturated carbocycles. The van der Waals surface area contributed by atoms with Crippen LogP contribution in [0.2, 0.25) is 0 Å². The molecule has 1 aromatic rings. The van der Waals surface area contributed by atoms with E-state index in [1.54, 1.807) is 6.07 Å². The summed E-state index contributed by atoms with van der Waals surface area (Å²) >= 11 is 3.34. The van der Waals surface area contributed by atoms with E-state index in [4.69, 9.17) is 4.42 Å². The number of nitrogens with one attached hydrogen (secondary N) is 2. The Labute approximate surface area is 114 Å². The zero-order chi connectivity index (χ0) is 13.4. The third kappa shape index (κ3) is 4.91. The smallest absolute Gasteiger partial charge is 0.286 e. The minimum atomic E-state index is -0.312. The molecule has 0 atom stereocenters. The highest BCUT2D eigenvalue weighted by molar-refractivity contribution is 9.09. The summed E-state index contributed by atoms with van der Waals surface area (Å²) in [6, 6.07) is 3.10. The minimum absolute atomic E-state index is 0.0950. The normalized spacial score (nSPS) is 10.1. The zero-order valence-corrected chi connectivity index (χ0v) is 11.9. The molecule has 5 nitrogen and oxygen atoms in total. The maximum Gasteiger partial charge on any atom is 0.286 e. The molecule has 0 aromatic carbocycles. The van der Waals surface area contributed by atoms with Gasteiger partial charge in [-0.1, -0.05) is 22.4 Å². The summed E-state index contributed by atoms with van der Waals surface area (Å²) in [6.07, 6.45) is 3.39. The molecule has 0 saturated heterocycles. The molecular weight excluding hydrogens is 300 g/mol. The van der Waals surface area contributed by atoms with Gasteiger partial charge in [0.2, 0.25) is 5.91 Å². The van der Waals surface area contributed by atoms with E-state index < -0.39 is 0 Å². The molecule has 0 aliphatic rings. The highest BCUT2D eigenvalue weighted by Crippen LogP contribution is 2.14. The van der Waals surface area contributed by atoms with Gasteiger partial charge in [-0.2, -0.15) is 0 Å². The number of halogens is 1. The lowest BCUT2D eigenvalue weighted by Crippen LogP contribution is -2.16. The fourth-order valence-corrected chi connectivity index (χ4v) is 1.80. The first-order valence-corrected chi connectivity index (χ1v) is 6.97. The molecule has 1 aromatic heterocycles. The summed E-state index contributed by atoms with van der Waals surface area (Å²) in [5.74, 6) is 0.0846. The second kappa shape index (κ2) is 7.92. The maximum absolute atomic E-state index is 11.5. The summed E-state index contributed by atoms with van der Waals surface area (Å²) in [6.45, 7) is 0. The largest absolute Gasteiger partial charge is 0.435 e. The van der Waals surface area contributed by atoms with Crippen LogP contribution in [0.4, 0.5) is 5.88 Å². The Kier molecular flexibility index (Phi) is 6.49. The van der Waals surface area contributed by atoms with Crippen LogP contribution >= 0.6 is 15.9 Å². The lowest BCUT2D eigenvalue weighted by atomic mass is 10.2. The van der Waals surface area contributed by atoms with E-state index in [1.165, 1.54) is 13.1 Å². The van der Waals surface area contributed by atoms with Crippen LogP contribution in [-0.4, -0.2) is 24.2 Å². The van der Waals surface area contributed by atoms with E-state index in [0.29, 0.717) is 12.3 Å². The number of anilines is 1. The summed E-state index contributed by atoms with van der Waals surface area (Å²) < 4.78 is 5.18. The molecule has 1 rings (SSSR count). The molecule has 0 bridgehead atoms. The fraction of sp³-hybridized carbons (Fsp3) is 0.500. The lowest BCUT2D eigenvalue weighted by molar-refractivity contribution is -0.116. The predicted molar refractivity (Wildman–Crippen MR) is 73.0 cm³/mol. The Morgan fingerprint density at radius 2 is 2.06 bits per heavy atom. The molecule has 6 heteroatoms. The van der Waals surface area contributed by atoms with Crippen LogP contribution in [-0.2, 0) is 4.79 Å². The molecule has 0 radical (unpaired) electrons. The zero-order valence-electron chi connectivity index (χ0n) is 10.3. The molecule has 2 amide bonds. The predicted octanol–water partition coefficient (Wildman–Crippen LogP) is 2.53. The summed E-state index contributed by atoms with van der Waals surface area (Å²) in [4.78, 5) is 22.8. The van der Waals surface area contributed by atoms with Gasteiger partial charge in [0, 0.05) is 24.9 Å². The Bertz CT molecular complexity index is 404. The van der Waals surface area contributed by atoms with E-state index in [9.17, 15) is 9.59 Å². The highest BCUT2D eigenvalue weighted by atomic mass is 79.9. The summed E-state index contributed by atoms with van der Waals surface area (Å²) in [7, 11) is 1.52. The number of unbranched alkanes of at least 4 members (excludes halogenated alkanes) is 2. The van der Waals surface area contributed by atoms with Crippen molar-refractivity contribution in [3.8, 4) is 0 Å². The number of rotatable bonds is 7. The first-order valence-electron chi connectivity index (χ1n) is 5.85. The van der Waals surface area contributed by atoms with E-state index in [-0.39, 0.29) is 17.6 Å². The van der Waals surface area contributed by atoms with Crippen molar-refractivity contribution in [1.29, 1.82) is 0 Å². The Morgan fingerprint density at radius 3 is 2.72 bits per heavy atom. The van der Waals surface area contributed by atoms with Crippen LogP contribution in [0.3, 0.4) is 0 Å². The molecule has 0 fully saturated rings. The molecule has 0 unspecified atom stereocenters. The third-order valence-electron chi connectivity index (χ3n) is 2.36. The van der Waals surface area contributed by atoms with Crippen molar-refractivity contribution in [1.82, 2.24) is 5.32 Å². The number of amides is 2. The van der Waals surface area contributed by atoms with Gasteiger partial charge in [-0.3, -0.25) is 14.9 Å². The molecule has 1 heterocycles. The third-order valence-corrected chi connectivity index (χ3v) is 2.92. The maximum atomic E-state index is 11.5. The van der Waals surface area contributed by atoms with Crippen LogP contribution in [0.25, 0.3) is 0 Å². The van der Waals surface area contributed by atoms with Crippen LogP contribution in [0.5, 0.6) is 0 Å². The van der Waals surface area contributed by atoms with Crippen molar-refractivity contribution >= 4 is 33.6 Å². The second-order valence-electron chi connectivity index (χ2n) is 3.79. The van der Waals surface area contributed by atoms with Gasteiger partial charge < -0.3 is 9.73 Å². The molecule has 0 spiro atoms. The van der Waals surface area contributed by atoms with Gasteiger partial charge in [0.25, 0.3) is 5.91 Å². The van der Waals surface area contributed by atoms with Gasteiger partial charge in [0.1, 0.15) is 0 Å². The molecule has 0 aliphatic heterocycles. The number of alkyl halides is 1. The number of furan rings is 1.